The highest BCUT2D eigenvalue weighted by Crippen LogP contribution is 2.22. The van der Waals surface area contributed by atoms with Gasteiger partial charge in [0.15, 0.2) is 0 Å². The SMILES string of the molecule is CC(C)Cc1cc(C(=O)N2CCN3CCCC3C2)n(C)n1. The fraction of sp³-hybridized carbons (Fsp3) is 0.750. The summed E-state index contributed by atoms with van der Waals surface area (Å²) in [4.78, 5) is 17.3. The molecule has 21 heavy (non-hydrogen) atoms. The smallest absolute Gasteiger partial charge is 0.272 e. The van der Waals surface area contributed by atoms with Crippen LogP contribution in [0, 0.1) is 5.92 Å². The molecule has 0 bridgehead atoms. The van der Waals surface area contributed by atoms with Crippen molar-refractivity contribution in [2.75, 3.05) is 26.2 Å². The number of hydrogen-bond donors (Lipinski definition) is 0. The minimum Gasteiger partial charge on any atom is -0.334 e. The molecule has 5 heteroatoms. The van der Waals surface area contributed by atoms with Gasteiger partial charge in [0.25, 0.3) is 5.91 Å². The Kier molecular flexibility index (Phi) is 4.02. The zero-order valence-electron chi connectivity index (χ0n) is 13.4. The molecule has 1 atom stereocenters. The summed E-state index contributed by atoms with van der Waals surface area (Å²) >= 11 is 0. The predicted octanol–water partition coefficient (Wildman–Crippen LogP) is 1.54. The van der Waals surface area contributed by atoms with E-state index in [1.54, 1.807) is 4.68 Å². The van der Waals surface area contributed by atoms with Gasteiger partial charge >= 0.3 is 0 Å². The van der Waals surface area contributed by atoms with Gasteiger partial charge in [0.1, 0.15) is 5.69 Å². The van der Waals surface area contributed by atoms with Gasteiger partial charge in [0, 0.05) is 32.7 Å². The Hall–Kier alpha value is -1.36. The number of rotatable bonds is 3. The van der Waals surface area contributed by atoms with Crippen molar-refractivity contribution in [1.82, 2.24) is 19.6 Å². The number of aromatic nitrogens is 2. The molecule has 0 aliphatic carbocycles. The van der Waals surface area contributed by atoms with Crippen molar-refractivity contribution < 1.29 is 4.79 Å². The molecule has 0 aromatic carbocycles. The number of aryl methyl sites for hydroxylation is 1. The van der Waals surface area contributed by atoms with Crippen molar-refractivity contribution >= 4 is 5.91 Å². The van der Waals surface area contributed by atoms with E-state index in [2.05, 4.69) is 23.8 Å². The zero-order chi connectivity index (χ0) is 15.0. The van der Waals surface area contributed by atoms with Crippen molar-refractivity contribution in [2.24, 2.45) is 13.0 Å². The maximum Gasteiger partial charge on any atom is 0.272 e. The summed E-state index contributed by atoms with van der Waals surface area (Å²) in [5, 5.41) is 4.49. The number of hydrogen-bond acceptors (Lipinski definition) is 3. The minimum absolute atomic E-state index is 0.145. The van der Waals surface area contributed by atoms with Crippen molar-refractivity contribution in [3.63, 3.8) is 0 Å². The first kappa shape index (κ1) is 14.6. The van der Waals surface area contributed by atoms with Crippen LogP contribution in [0.1, 0.15) is 42.9 Å². The highest BCUT2D eigenvalue weighted by atomic mass is 16.2. The van der Waals surface area contributed by atoms with Crippen LogP contribution in [0.15, 0.2) is 6.07 Å². The second-order valence-electron chi connectivity index (χ2n) is 6.83. The number of fused-ring (bicyclic) bond motifs is 1. The molecule has 2 aliphatic heterocycles. The van der Waals surface area contributed by atoms with E-state index in [1.807, 2.05) is 18.0 Å². The molecule has 1 aromatic heterocycles. The number of carbonyl (C=O) groups excluding carboxylic acids is 1. The fourth-order valence-corrected chi connectivity index (χ4v) is 3.58. The van der Waals surface area contributed by atoms with Crippen molar-refractivity contribution in [2.45, 2.75) is 39.2 Å². The highest BCUT2D eigenvalue weighted by Gasteiger charge is 2.33. The summed E-state index contributed by atoms with van der Waals surface area (Å²) in [7, 11) is 1.88. The molecule has 1 amide bonds. The Labute approximate surface area is 126 Å². The molecule has 1 aromatic rings. The molecule has 2 aliphatic rings. The fourth-order valence-electron chi connectivity index (χ4n) is 3.58. The maximum absolute atomic E-state index is 12.8. The summed E-state index contributed by atoms with van der Waals surface area (Å²) in [6.45, 7) is 8.30. The average Bonchev–Trinajstić information content (AvgIpc) is 3.02. The zero-order valence-corrected chi connectivity index (χ0v) is 13.4. The van der Waals surface area contributed by atoms with Crippen LogP contribution in [0.2, 0.25) is 0 Å². The number of piperazine rings is 1. The Balaban J connectivity index is 1.71. The normalized spacial score (nSPS) is 22.9. The minimum atomic E-state index is 0.145. The van der Waals surface area contributed by atoms with E-state index in [4.69, 9.17) is 0 Å². The number of carbonyl (C=O) groups is 1. The van der Waals surface area contributed by atoms with Crippen LogP contribution in [0.25, 0.3) is 0 Å². The molecule has 116 valence electrons. The van der Waals surface area contributed by atoms with E-state index >= 15 is 0 Å². The van der Waals surface area contributed by atoms with Crippen molar-refractivity contribution in [3.05, 3.63) is 17.5 Å². The molecule has 3 rings (SSSR count). The molecule has 2 saturated heterocycles. The van der Waals surface area contributed by atoms with Gasteiger partial charge in [0.2, 0.25) is 0 Å². The molecule has 0 radical (unpaired) electrons. The van der Waals surface area contributed by atoms with Crippen molar-refractivity contribution in [1.29, 1.82) is 0 Å². The number of nitrogens with zero attached hydrogens (tertiary/aromatic N) is 4. The third kappa shape index (κ3) is 2.98. The molecule has 3 heterocycles. The van der Waals surface area contributed by atoms with E-state index in [1.165, 1.54) is 19.4 Å². The molecule has 0 spiro atoms. The summed E-state index contributed by atoms with van der Waals surface area (Å²) in [5.74, 6) is 0.705. The lowest BCUT2D eigenvalue weighted by molar-refractivity contribution is 0.0561. The summed E-state index contributed by atoms with van der Waals surface area (Å²) in [6.07, 6.45) is 3.43. The molecule has 0 saturated carbocycles. The summed E-state index contributed by atoms with van der Waals surface area (Å²) < 4.78 is 1.75. The van der Waals surface area contributed by atoms with Gasteiger partial charge in [-0.1, -0.05) is 13.8 Å². The van der Waals surface area contributed by atoms with Crippen LogP contribution in [-0.2, 0) is 13.5 Å². The summed E-state index contributed by atoms with van der Waals surface area (Å²) in [6, 6.07) is 2.55. The second-order valence-corrected chi connectivity index (χ2v) is 6.83. The molecule has 2 fully saturated rings. The van der Waals surface area contributed by atoms with Gasteiger partial charge in [-0.05, 0) is 37.8 Å². The van der Waals surface area contributed by atoms with Gasteiger partial charge in [-0.3, -0.25) is 14.4 Å². The van der Waals surface area contributed by atoms with Gasteiger partial charge in [-0.15, -0.1) is 0 Å². The first-order valence-corrected chi connectivity index (χ1v) is 8.11. The van der Waals surface area contributed by atoms with E-state index in [-0.39, 0.29) is 5.91 Å². The maximum atomic E-state index is 12.8. The van der Waals surface area contributed by atoms with Crippen LogP contribution in [-0.4, -0.2) is 57.7 Å². The van der Waals surface area contributed by atoms with Crippen LogP contribution in [0.5, 0.6) is 0 Å². The van der Waals surface area contributed by atoms with Gasteiger partial charge in [0.05, 0.1) is 5.69 Å². The van der Waals surface area contributed by atoms with Crippen LogP contribution in [0.4, 0.5) is 0 Å². The largest absolute Gasteiger partial charge is 0.334 e. The Morgan fingerprint density at radius 2 is 2.19 bits per heavy atom. The van der Waals surface area contributed by atoms with E-state index in [0.29, 0.717) is 12.0 Å². The average molecular weight is 290 g/mol. The highest BCUT2D eigenvalue weighted by molar-refractivity contribution is 5.92. The monoisotopic (exact) mass is 290 g/mol. The lowest BCUT2D eigenvalue weighted by Crippen LogP contribution is -2.52. The van der Waals surface area contributed by atoms with Crippen LogP contribution < -0.4 is 0 Å². The van der Waals surface area contributed by atoms with E-state index in [0.717, 1.165) is 37.4 Å². The molecule has 5 nitrogen and oxygen atoms in total. The quantitative estimate of drug-likeness (QED) is 0.848. The first-order chi connectivity index (χ1) is 10.0. The topological polar surface area (TPSA) is 41.4 Å². The molecular formula is C16H26N4O. The molecule has 1 unspecified atom stereocenters. The van der Waals surface area contributed by atoms with E-state index < -0.39 is 0 Å². The van der Waals surface area contributed by atoms with Crippen molar-refractivity contribution in [3.8, 4) is 0 Å². The third-order valence-electron chi connectivity index (χ3n) is 4.64. The summed E-state index contributed by atoms with van der Waals surface area (Å²) in [5.41, 5.74) is 1.76. The van der Waals surface area contributed by atoms with Gasteiger partial charge < -0.3 is 4.90 Å². The number of amides is 1. The van der Waals surface area contributed by atoms with Gasteiger partial charge in [-0.25, -0.2) is 0 Å². The Morgan fingerprint density at radius 1 is 1.38 bits per heavy atom. The molecule has 0 N–H and O–H groups in total. The van der Waals surface area contributed by atoms with Gasteiger partial charge in [-0.2, -0.15) is 5.10 Å². The second kappa shape index (κ2) is 5.79. The predicted molar refractivity (Wildman–Crippen MR) is 82.2 cm³/mol. The first-order valence-electron chi connectivity index (χ1n) is 8.11. The Bertz CT molecular complexity index is 522. The standard InChI is InChI=1S/C16H26N4O/c1-12(2)9-13-10-15(18(3)17-13)16(21)20-8-7-19-6-4-5-14(19)11-20/h10,12,14H,4-9,11H2,1-3H3. The lowest BCUT2D eigenvalue weighted by Gasteiger charge is -2.37. The van der Waals surface area contributed by atoms with E-state index in [9.17, 15) is 4.79 Å². The lowest BCUT2D eigenvalue weighted by atomic mass is 10.1. The van der Waals surface area contributed by atoms with Crippen LogP contribution in [0.3, 0.4) is 0 Å². The third-order valence-corrected chi connectivity index (χ3v) is 4.64. The Morgan fingerprint density at radius 3 is 2.95 bits per heavy atom. The molecular weight excluding hydrogens is 264 g/mol. The van der Waals surface area contributed by atoms with Crippen LogP contribution >= 0.6 is 0 Å².